The maximum atomic E-state index is 12.7. The number of hydrogen-bond donors (Lipinski definition) is 2. The number of nitrogen functional groups attached to an aromatic ring is 1. The van der Waals surface area contributed by atoms with Crippen LogP contribution < -0.4 is 11.1 Å². The Kier molecular flexibility index (Phi) is 4.33. The summed E-state index contributed by atoms with van der Waals surface area (Å²) in [7, 11) is 0. The standard InChI is InChI=1S/C21H18N4OS/c1-12-3-4-15(11-13(12)2)24-20(26)19-18(22)16-5-6-17(25-21(16)27-19)14-7-9-23-10-8-14/h3-11H,22H2,1-2H3,(H,24,26). The fourth-order valence-electron chi connectivity index (χ4n) is 2.86. The van der Waals surface area contributed by atoms with Crippen LogP contribution in [0, 0.1) is 13.8 Å². The summed E-state index contributed by atoms with van der Waals surface area (Å²) in [5, 5.41) is 3.72. The lowest BCUT2D eigenvalue weighted by molar-refractivity contribution is 0.103. The van der Waals surface area contributed by atoms with Crippen molar-refractivity contribution in [3.8, 4) is 11.3 Å². The number of nitrogens with zero attached hydrogens (tertiary/aromatic N) is 2. The van der Waals surface area contributed by atoms with Crippen LogP contribution in [0.5, 0.6) is 0 Å². The summed E-state index contributed by atoms with van der Waals surface area (Å²) in [6.45, 7) is 4.06. The third-order valence-corrected chi connectivity index (χ3v) is 5.65. The Hall–Kier alpha value is -3.25. The number of hydrogen-bond acceptors (Lipinski definition) is 5. The van der Waals surface area contributed by atoms with E-state index in [2.05, 4.69) is 15.3 Å². The lowest BCUT2D eigenvalue weighted by Gasteiger charge is -2.07. The van der Waals surface area contributed by atoms with Gasteiger partial charge in [-0.3, -0.25) is 9.78 Å². The second kappa shape index (κ2) is 6.81. The first-order valence-corrected chi connectivity index (χ1v) is 9.32. The number of fused-ring (bicyclic) bond motifs is 1. The normalized spacial score (nSPS) is 10.9. The molecular weight excluding hydrogens is 356 g/mol. The molecule has 0 unspecified atom stereocenters. The van der Waals surface area contributed by atoms with Crippen LogP contribution in [-0.4, -0.2) is 15.9 Å². The molecule has 0 spiro atoms. The van der Waals surface area contributed by atoms with Crippen LogP contribution in [0.4, 0.5) is 11.4 Å². The first-order valence-electron chi connectivity index (χ1n) is 8.51. The van der Waals surface area contributed by atoms with Gasteiger partial charge in [0.1, 0.15) is 9.71 Å². The Morgan fingerprint density at radius 1 is 1.04 bits per heavy atom. The fourth-order valence-corrected chi connectivity index (χ4v) is 3.85. The number of pyridine rings is 2. The van der Waals surface area contributed by atoms with Crippen LogP contribution in [-0.2, 0) is 0 Å². The van der Waals surface area contributed by atoms with Crippen molar-refractivity contribution in [2.24, 2.45) is 0 Å². The van der Waals surface area contributed by atoms with Gasteiger partial charge in [0.2, 0.25) is 0 Å². The van der Waals surface area contributed by atoms with Gasteiger partial charge in [0.25, 0.3) is 5.91 Å². The third-order valence-electron chi connectivity index (χ3n) is 4.54. The lowest BCUT2D eigenvalue weighted by atomic mass is 10.1. The van der Waals surface area contributed by atoms with Gasteiger partial charge in [-0.15, -0.1) is 11.3 Å². The number of anilines is 2. The van der Waals surface area contributed by atoms with Crippen molar-refractivity contribution in [3.63, 3.8) is 0 Å². The number of aryl methyl sites for hydroxylation is 2. The third kappa shape index (κ3) is 3.27. The summed E-state index contributed by atoms with van der Waals surface area (Å²) in [5.41, 5.74) is 11.6. The molecule has 3 heterocycles. The topological polar surface area (TPSA) is 80.9 Å². The molecule has 134 valence electrons. The predicted molar refractivity (Wildman–Crippen MR) is 111 cm³/mol. The van der Waals surface area contributed by atoms with Gasteiger partial charge >= 0.3 is 0 Å². The van der Waals surface area contributed by atoms with Crippen molar-refractivity contribution < 1.29 is 4.79 Å². The van der Waals surface area contributed by atoms with Crippen molar-refractivity contribution in [1.82, 2.24) is 9.97 Å². The average Bonchev–Trinajstić information content (AvgIpc) is 3.02. The highest BCUT2D eigenvalue weighted by Gasteiger charge is 2.18. The number of nitrogens with one attached hydrogen (secondary N) is 1. The Morgan fingerprint density at radius 2 is 1.81 bits per heavy atom. The number of carbonyl (C=O) groups is 1. The monoisotopic (exact) mass is 374 g/mol. The van der Waals surface area contributed by atoms with Crippen LogP contribution in [0.1, 0.15) is 20.8 Å². The Bertz CT molecular complexity index is 1150. The molecule has 0 atom stereocenters. The largest absolute Gasteiger partial charge is 0.397 e. The van der Waals surface area contributed by atoms with E-state index in [0.29, 0.717) is 10.6 Å². The smallest absolute Gasteiger partial charge is 0.267 e. The van der Waals surface area contributed by atoms with E-state index in [1.807, 2.05) is 56.3 Å². The number of thiophene rings is 1. The molecule has 4 rings (SSSR count). The van der Waals surface area contributed by atoms with Crippen molar-refractivity contribution in [2.75, 3.05) is 11.1 Å². The summed E-state index contributed by atoms with van der Waals surface area (Å²) >= 11 is 1.30. The van der Waals surface area contributed by atoms with Crippen molar-refractivity contribution in [1.29, 1.82) is 0 Å². The van der Waals surface area contributed by atoms with Crippen LogP contribution in [0.15, 0.2) is 54.9 Å². The van der Waals surface area contributed by atoms with Crippen LogP contribution in [0.2, 0.25) is 0 Å². The summed E-state index contributed by atoms with van der Waals surface area (Å²) < 4.78 is 0. The quantitative estimate of drug-likeness (QED) is 0.539. The van der Waals surface area contributed by atoms with Gasteiger partial charge in [-0.05, 0) is 61.4 Å². The van der Waals surface area contributed by atoms with Gasteiger partial charge < -0.3 is 11.1 Å². The van der Waals surface area contributed by atoms with Crippen molar-refractivity contribution in [2.45, 2.75) is 13.8 Å². The average molecular weight is 374 g/mol. The number of rotatable bonds is 3. The zero-order chi connectivity index (χ0) is 19.0. The molecule has 0 saturated carbocycles. The van der Waals surface area contributed by atoms with Gasteiger partial charge in [0.15, 0.2) is 0 Å². The molecule has 0 radical (unpaired) electrons. The maximum Gasteiger partial charge on any atom is 0.267 e. The van der Waals surface area contributed by atoms with E-state index >= 15 is 0 Å². The number of aromatic nitrogens is 2. The highest BCUT2D eigenvalue weighted by molar-refractivity contribution is 7.21. The molecule has 0 saturated heterocycles. The molecule has 6 heteroatoms. The first-order chi connectivity index (χ1) is 13.0. The van der Waals surface area contributed by atoms with Crippen molar-refractivity contribution >= 4 is 38.8 Å². The molecule has 0 aliphatic heterocycles. The van der Waals surface area contributed by atoms with Crippen LogP contribution >= 0.6 is 11.3 Å². The van der Waals surface area contributed by atoms with Gasteiger partial charge in [0, 0.05) is 29.0 Å². The number of carbonyl (C=O) groups excluding carboxylic acids is 1. The Morgan fingerprint density at radius 3 is 2.56 bits per heavy atom. The lowest BCUT2D eigenvalue weighted by Crippen LogP contribution is -2.12. The van der Waals surface area contributed by atoms with Gasteiger partial charge in [-0.25, -0.2) is 4.98 Å². The van der Waals surface area contributed by atoms with E-state index in [9.17, 15) is 4.79 Å². The SMILES string of the molecule is Cc1ccc(NC(=O)c2sc3nc(-c4ccncc4)ccc3c2N)cc1C. The number of nitrogens with two attached hydrogens (primary N) is 1. The van der Waals surface area contributed by atoms with Crippen molar-refractivity contribution in [3.05, 3.63) is 70.9 Å². The second-order valence-corrected chi connectivity index (χ2v) is 7.38. The minimum absolute atomic E-state index is 0.218. The number of amides is 1. The maximum absolute atomic E-state index is 12.7. The first kappa shape index (κ1) is 17.2. The number of benzene rings is 1. The summed E-state index contributed by atoms with van der Waals surface area (Å²) in [4.78, 5) is 22.7. The van der Waals surface area contributed by atoms with Gasteiger partial charge in [-0.1, -0.05) is 6.07 Å². The molecule has 0 aliphatic carbocycles. The Balaban J connectivity index is 1.68. The molecule has 27 heavy (non-hydrogen) atoms. The molecule has 1 amide bonds. The zero-order valence-corrected chi connectivity index (χ0v) is 15.8. The molecule has 3 aromatic heterocycles. The molecule has 0 fully saturated rings. The molecule has 3 N–H and O–H groups in total. The highest BCUT2D eigenvalue weighted by atomic mass is 32.1. The molecule has 4 aromatic rings. The van der Waals surface area contributed by atoms with Crippen LogP contribution in [0.3, 0.4) is 0 Å². The van der Waals surface area contributed by atoms with E-state index in [0.717, 1.165) is 32.7 Å². The summed E-state index contributed by atoms with van der Waals surface area (Å²) in [5.74, 6) is -0.218. The second-order valence-electron chi connectivity index (χ2n) is 6.38. The predicted octanol–water partition coefficient (Wildman–Crippen LogP) is 4.81. The summed E-state index contributed by atoms with van der Waals surface area (Å²) in [6.07, 6.45) is 3.46. The molecular formula is C21H18N4OS. The van der Waals surface area contributed by atoms with E-state index in [1.54, 1.807) is 12.4 Å². The Labute approximate surface area is 160 Å². The molecule has 1 aromatic carbocycles. The highest BCUT2D eigenvalue weighted by Crippen LogP contribution is 2.34. The minimum atomic E-state index is -0.218. The zero-order valence-electron chi connectivity index (χ0n) is 15.0. The summed E-state index contributed by atoms with van der Waals surface area (Å²) in [6, 6.07) is 13.5. The molecule has 5 nitrogen and oxygen atoms in total. The minimum Gasteiger partial charge on any atom is -0.397 e. The van der Waals surface area contributed by atoms with Crippen LogP contribution in [0.25, 0.3) is 21.5 Å². The van der Waals surface area contributed by atoms with E-state index in [4.69, 9.17) is 5.73 Å². The molecule has 0 bridgehead atoms. The van der Waals surface area contributed by atoms with E-state index in [-0.39, 0.29) is 5.91 Å². The van der Waals surface area contributed by atoms with Gasteiger partial charge in [0.05, 0.1) is 11.4 Å². The fraction of sp³-hybridized carbons (Fsp3) is 0.0952. The molecule has 0 aliphatic rings. The van der Waals surface area contributed by atoms with E-state index in [1.165, 1.54) is 16.9 Å². The van der Waals surface area contributed by atoms with Gasteiger partial charge in [-0.2, -0.15) is 0 Å². The van der Waals surface area contributed by atoms with E-state index < -0.39 is 0 Å².